The summed E-state index contributed by atoms with van der Waals surface area (Å²) in [5.41, 5.74) is 2.54. The van der Waals surface area contributed by atoms with Gasteiger partial charge in [-0.1, -0.05) is 36.4 Å². The van der Waals surface area contributed by atoms with Crippen molar-refractivity contribution in [1.29, 1.82) is 0 Å². The molecule has 2 aromatic rings. The van der Waals surface area contributed by atoms with Crippen molar-refractivity contribution >= 4 is 28.8 Å². The van der Waals surface area contributed by atoms with Gasteiger partial charge in [-0.05, 0) is 49.3 Å². The number of halogens is 2. The molecule has 29 heavy (non-hydrogen) atoms. The van der Waals surface area contributed by atoms with E-state index < -0.39 is 12.7 Å². The molecule has 0 fully saturated rings. The highest BCUT2D eigenvalue weighted by Gasteiger charge is 2.31. The number of thiocarbonyl (C=S) groups is 1. The van der Waals surface area contributed by atoms with Crippen LogP contribution in [0.4, 0.5) is 8.78 Å². The summed E-state index contributed by atoms with van der Waals surface area (Å²) in [5, 5.41) is 6.51. The van der Waals surface area contributed by atoms with E-state index in [4.69, 9.17) is 17.0 Å². The van der Waals surface area contributed by atoms with Crippen LogP contribution >= 0.6 is 12.2 Å². The number of alkyl halides is 2. The number of hydrogen-bond acceptors (Lipinski definition) is 4. The van der Waals surface area contributed by atoms with Crippen LogP contribution in [0.5, 0.6) is 11.5 Å². The summed E-state index contributed by atoms with van der Waals surface area (Å²) < 4.78 is 35.4. The number of carbonyl (C=O) groups is 1. The zero-order valence-corrected chi connectivity index (χ0v) is 16.7. The Morgan fingerprint density at radius 2 is 1.90 bits per heavy atom. The number of carbonyl (C=O) groups excluding carboxylic acids is 1. The topological polar surface area (TPSA) is 59.6 Å². The molecule has 0 unspecified atom stereocenters. The van der Waals surface area contributed by atoms with E-state index in [1.165, 1.54) is 13.0 Å². The highest BCUT2D eigenvalue weighted by atomic mass is 32.1. The van der Waals surface area contributed by atoms with Crippen molar-refractivity contribution in [2.24, 2.45) is 0 Å². The third-order valence-electron chi connectivity index (χ3n) is 4.33. The van der Waals surface area contributed by atoms with Gasteiger partial charge in [0.05, 0.1) is 18.3 Å². The number of ketones is 1. The van der Waals surface area contributed by atoms with Gasteiger partial charge in [-0.15, -0.1) is 0 Å². The number of ether oxygens (including phenoxy) is 2. The second-order valence-electron chi connectivity index (χ2n) is 6.26. The molecule has 8 heteroatoms. The minimum Gasteiger partial charge on any atom is -0.490 e. The van der Waals surface area contributed by atoms with E-state index in [1.807, 2.05) is 30.3 Å². The van der Waals surface area contributed by atoms with E-state index >= 15 is 0 Å². The Morgan fingerprint density at radius 3 is 2.52 bits per heavy atom. The summed E-state index contributed by atoms with van der Waals surface area (Å²) in [7, 11) is 0. The summed E-state index contributed by atoms with van der Waals surface area (Å²) in [6.45, 7) is 0.513. The summed E-state index contributed by atoms with van der Waals surface area (Å²) >= 11 is 5.34. The van der Waals surface area contributed by atoms with Crippen LogP contribution in [-0.2, 0) is 4.79 Å². The van der Waals surface area contributed by atoms with Gasteiger partial charge in [-0.25, -0.2) is 0 Å². The molecule has 1 atom stereocenters. The number of benzene rings is 2. The lowest BCUT2D eigenvalue weighted by Gasteiger charge is -2.31. The maximum absolute atomic E-state index is 12.7. The first-order valence-corrected chi connectivity index (χ1v) is 9.41. The van der Waals surface area contributed by atoms with Crippen LogP contribution in [0.1, 0.15) is 31.0 Å². The van der Waals surface area contributed by atoms with Crippen LogP contribution < -0.4 is 20.1 Å². The van der Waals surface area contributed by atoms with E-state index in [2.05, 4.69) is 15.4 Å². The molecule has 0 aromatic heterocycles. The molecule has 1 aliphatic heterocycles. The minimum atomic E-state index is -2.97. The highest BCUT2D eigenvalue weighted by molar-refractivity contribution is 7.80. The predicted octanol–water partition coefficient (Wildman–Crippen LogP) is 4.21. The Hall–Kier alpha value is -3.00. The lowest BCUT2D eigenvalue weighted by molar-refractivity contribution is -0.113. The summed E-state index contributed by atoms with van der Waals surface area (Å²) in [5.74, 6) is -0.0540. The van der Waals surface area contributed by atoms with Crippen LogP contribution in [0.15, 0.2) is 54.1 Å². The van der Waals surface area contributed by atoms with Crippen molar-refractivity contribution in [2.45, 2.75) is 26.5 Å². The van der Waals surface area contributed by atoms with Gasteiger partial charge in [-0.2, -0.15) is 8.78 Å². The van der Waals surface area contributed by atoms with Crippen molar-refractivity contribution in [1.82, 2.24) is 10.6 Å². The normalized spacial score (nSPS) is 16.3. The standard InChI is InChI=1S/C21H20F2N2O3S/c1-3-27-16-11-14(9-10-15(16)28-20(22)23)19-17(12(2)26)18(24-21(29)25-19)13-7-5-4-6-8-13/h4-11,19-20H,3H2,1-2H3,(H2,24,25,29)/t19-/m1/s1. The zero-order valence-electron chi connectivity index (χ0n) is 15.9. The minimum absolute atomic E-state index is 0.0706. The van der Waals surface area contributed by atoms with Crippen molar-refractivity contribution in [2.75, 3.05) is 6.61 Å². The average molecular weight is 418 g/mol. The fourth-order valence-corrected chi connectivity index (χ4v) is 3.41. The molecule has 2 aromatic carbocycles. The van der Waals surface area contributed by atoms with E-state index in [9.17, 15) is 13.6 Å². The van der Waals surface area contributed by atoms with Gasteiger partial charge in [0.2, 0.25) is 0 Å². The molecule has 5 nitrogen and oxygen atoms in total. The molecule has 0 saturated heterocycles. The van der Waals surface area contributed by atoms with Crippen molar-refractivity contribution in [3.05, 3.63) is 65.2 Å². The summed E-state index contributed by atoms with van der Waals surface area (Å²) in [6.07, 6.45) is 0. The first-order chi connectivity index (χ1) is 13.9. The Labute approximate surface area is 172 Å². The van der Waals surface area contributed by atoms with Crippen molar-refractivity contribution < 1.29 is 23.0 Å². The van der Waals surface area contributed by atoms with Crippen molar-refractivity contribution in [3.63, 3.8) is 0 Å². The maximum atomic E-state index is 12.7. The quantitative estimate of drug-likeness (QED) is 0.657. The van der Waals surface area contributed by atoms with E-state index in [0.29, 0.717) is 21.9 Å². The molecule has 0 bridgehead atoms. The van der Waals surface area contributed by atoms with Gasteiger partial charge in [-0.3, -0.25) is 4.79 Å². The van der Waals surface area contributed by atoms with Crippen LogP contribution in [-0.4, -0.2) is 24.1 Å². The van der Waals surface area contributed by atoms with Crippen LogP contribution in [0.3, 0.4) is 0 Å². The van der Waals surface area contributed by atoms with E-state index in [-0.39, 0.29) is 23.9 Å². The molecule has 0 aliphatic carbocycles. The lowest BCUT2D eigenvalue weighted by Crippen LogP contribution is -2.44. The second kappa shape index (κ2) is 9.00. The SMILES string of the molecule is CCOc1cc([C@H]2NC(=S)NC(c3ccccc3)=C2C(C)=O)ccc1OC(F)F. The zero-order chi connectivity index (χ0) is 21.0. The molecule has 0 amide bonds. The van der Waals surface area contributed by atoms with Gasteiger partial charge in [0.25, 0.3) is 0 Å². The van der Waals surface area contributed by atoms with Crippen molar-refractivity contribution in [3.8, 4) is 11.5 Å². The fraction of sp³-hybridized carbons (Fsp3) is 0.238. The van der Waals surface area contributed by atoms with Crippen LogP contribution in [0.25, 0.3) is 5.70 Å². The molecule has 152 valence electrons. The molecule has 0 spiro atoms. The Bertz CT molecular complexity index is 948. The predicted molar refractivity (Wildman–Crippen MR) is 110 cm³/mol. The van der Waals surface area contributed by atoms with Crippen LogP contribution in [0, 0.1) is 0 Å². The number of hydrogen-bond donors (Lipinski definition) is 2. The van der Waals surface area contributed by atoms with Gasteiger partial charge in [0.15, 0.2) is 22.4 Å². The Morgan fingerprint density at radius 1 is 1.17 bits per heavy atom. The van der Waals surface area contributed by atoms with Gasteiger partial charge in [0.1, 0.15) is 0 Å². The lowest BCUT2D eigenvalue weighted by atomic mass is 9.90. The summed E-state index contributed by atoms with van der Waals surface area (Å²) in [6, 6.07) is 13.4. The van der Waals surface area contributed by atoms with Gasteiger partial charge < -0.3 is 20.1 Å². The van der Waals surface area contributed by atoms with E-state index in [0.717, 1.165) is 5.56 Å². The fourth-order valence-electron chi connectivity index (χ4n) is 3.19. The molecule has 0 saturated carbocycles. The highest BCUT2D eigenvalue weighted by Crippen LogP contribution is 2.37. The maximum Gasteiger partial charge on any atom is 0.387 e. The third kappa shape index (κ3) is 4.71. The molecule has 0 radical (unpaired) electrons. The first kappa shape index (κ1) is 20.7. The molecular formula is C21H20F2N2O3S. The number of nitrogens with one attached hydrogen (secondary N) is 2. The molecule has 2 N–H and O–H groups in total. The molecular weight excluding hydrogens is 398 g/mol. The van der Waals surface area contributed by atoms with E-state index in [1.54, 1.807) is 19.1 Å². The molecule has 1 aliphatic rings. The molecule has 1 heterocycles. The second-order valence-corrected chi connectivity index (χ2v) is 6.67. The van der Waals surface area contributed by atoms with Crippen LogP contribution in [0.2, 0.25) is 0 Å². The first-order valence-electron chi connectivity index (χ1n) is 9.00. The Balaban J connectivity index is 2.11. The largest absolute Gasteiger partial charge is 0.490 e. The average Bonchev–Trinajstić information content (AvgIpc) is 2.69. The smallest absolute Gasteiger partial charge is 0.387 e. The Kier molecular flexibility index (Phi) is 6.43. The molecule has 3 rings (SSSR count). The number of Topliss-reactive ketones (excluding diaryl/α,β-unsaturated/α-hetero) is 1. The monoisotopic (exact) mass is 418 g/mol. The number of rotatable bonds is 7. The van der Waals surface area contributed by atoms with Gasteiger partial charge in [0, 0.05) is 5.57 Å². The summed E-state index contributed by atoms with van der Waals surface area (Å²) in [4.78, 5) is 12.6. The van der Waals surface area contributed by atoms with Gasteiger partial charge >= 0.3 is 6.61 Å². The third-order valence-corrected chi connectivity index (χ3v) is 4.55.